The lowest BCUT2D eigenvalue weighted by Gasteiger charge is -2.32. The first kappa shape index (κ1) is 16.7. The standard InChI is InChI=1S/C13H24N2O5/c1-9(2)14(5-6-19-3)13(18)15-8-10(20-4)7-11(15)12(16)17/h9-11H,5-8H2,1-4H3,(H,16,17). The molecule has 1 aliphatic rings. The van der Waals surface area contributed by atoms with Crippen LogP contribution in [-0.2, 0) is 14.3 Å². The smallest absolute Gasteiger partial charge is 0.326 e. The van der Waals surface area contributed by atoms with Gasteiger partial charge in [-0.2, -0.15) is 0 Å². The van der Waals surface area contributed by atoms with Crippen molar-refractivity contribution in [3.8, 4) is 0 Å². The predicted molar refractivity (Wildman–Crippen MR) is 72.7 cm³/mol. The number of methoxy groups -OCH3 is 2. The van der Waals surface area contributed by atoms with E-state index in [0.29, 0.717) is 26.1 Å². The maximum absolute atomic E-state index is 12.5. The van der Waals surface area contributed by atoms with E-state index in [1.165, 1.54) is 12.0 Å². The minimum atomic E-state index is -0.992. The number of rotatable bonds is 6. The van der Waals surface area contributed by atoms with Gasteiger partial charge in [-0.05, 0) is 13.8 Å². The fourth-order valence-corrected chi connectivity index (χ4v) is 2.34. The van der Waals surface area contributed by atoms with Crippen LogP contribution in [-0.4, -0.2) is 79.0 Å². The van der Waals surface area contributed by atoms with Crippen LogP contribution >= 0.6 is 0 Å². The Labute approximate surface area is 119 Å². The first-order chi connectivity index (χ1) is 9.42. The molecular formula is C13H24N2O5. The molecule has 0 aromatic heterocycles. The molecule has 116 valence electrons. The molecule has 2 amide bonds. The number of aliphatic carboxylic acids is 1. The van der Waals surface area contributed by atoms with Crippen LogP contribution < -0.4 is 0 Å². The molecule has 7 heteroatoms. The van der Waals surface area contributed by atoms with Crippen molar-refractivity contribution in [1.82, 2.24) is 9.80 Å². The van der Waals surface area contributed by atoms with Gasteiger partial charge in [-0.15, -0.1) is 0 Å². The van der Waals surface area contributed by atoms with Crippen molar-refractivity contribution in [2.24, 2.45) is 0 Å². The van der Waals surface area contributed by atoms with Crippen LogP contribution in [0.3, 0.4) is 0 Å². The minimum Gasteiger partial charge on any atom is -0.480 e. The Morgan fingerprint density at radius 3 is 2.50 bits per heavy atom. The van der Waals surface area contributed by atoms with Gasteiger partial charge in [0.2, 0.25) is 0 Å². The van der Waals surface area contributed by atoms with Crippen molar-refractivity contribution in [2.45, 2.75) is 38.5 Å². The van der Waals surface area contributed by atoms with Gasteiger partial charge in [-0.3, -0.25) is 0 Å². The summed E-state index contributed by atoms with van der Waals surface area (Å²) in [6.07, 6.45) is 0.102. The Morgan fingerprint density at radius 2 is 2.05 bits per heavy atom. The Bertz CT molecular complexity index is 348. The molecule has 20 heavy (non-hydrogen) atoms. The maximum atomic E-state index is 12.5. The van der Waals surface area contributed by atoms with Gasteiger partial charge in [0.15, 0.2) is 0 Å². The number of carbonyl (C=O) groups excluding carboxylic acids is 1. The highest BCUT2D eigenvalue weighted by Gasteiger charge is 2.41. The molecule has 0 saturated carbocycles. The normalized spacial score (nSPS) is 22.4. The second-order valence-electron chi connectivity index (χ2n) is 5.16. The molecule has 1 N–H and O–H groups in total. The number of carboxylic acid groups (broad SMARTS) is 1. The average molecular weight is 288 g/mol. The monoisotopic (exact) mass is 288 g/mol. The van der Waals surface area contributed by atoms with E-state index in [0.717, 1.165) is 0 Å². The molecule has 7 nitrogen and oxygen atoms in total. The number of nitrogens with zero attached hydrogens (tertiary/aromatic N) is 2. The fraction of sp³-hybridized carbons (Fsp3) is 0.846. The lowest BCUT2D eigenvalue weighted by molar-refractivity contribution is -0.141. The van der Waals surface area contributed by atoms with E-state index in [4.69, 9.17) is 9.47 Å². The van der Waals surface area contributed by atoms with Crippen LogP contribution in [0.4, 0.5) is 4.79 Å². The van der Waals surface area contributed by atoms with Crippen molar-refractivity contribution in [3.63, 3.8) is 0 Å². The summed E-state index contributed by atoms with van der Waals surface area (Å²) in [7, 11) is 3.10. The van der Waals surface area contributed by atoms with Gasteiger partial charge in [-0.1, -0.05) is 0 Å². The van der Waals surface area contributed by atoms with E-state index in [-0.39, 0.29) is 18.2 Å². The van der Waals surface area contributed by atoms with Gasteiger partial charge in [0.1, 0.15) is 6.04 Å². The number of urea groups is 1. The molecule has 1 fully saturated rings. The lowest BCUT2D eigenvalue weighted by Crippen LogP contribution is -2.51. The minimum absolute atomic E-state index is 0.0197. The van der Waals surface area contributed by atoms with Gasteiger partial charge in [0, 0.05) is 39.8 Å². The summed E-state index contributed by atoms with van der Waals surface area (Å²) < 4.78 is 10.2. The van der Waals surface area contributed by atoms with E-state index in [2.05, 4.69) is 0 Å². The van der Waals surface area contributed by atoms with Gasteiger partial charge in [0.05, 0.1) is 12.7 Å². The first-order valence-electron chi connectivity index (χ1n) is 6.74. The third-order valence-corrected chi connectivity index (χ3v) is 3.53. The molecular weight excluding hydrogens is 264 g/mol. The molecule has 1 saturated heterocycles. The lowest BCUT2D eigenvalue weighted by atomic mass is 10.2. The highest BCUT2D eigenvalue weighted by atomic mass is 16.5. The largest absolute Gasteiger partial charge is 0.480 e. The van der Waals surface area contributed by atoms with Crippen LogP contribution in [0.15, 0.2) is 0 Å². The van der Waals surface area contributed by atoms with Crippen LogP contribution in [0.5, 0.6) is 0 Å². The van der Waals surface area contributed by atoms with Crippen LogP contribution in [0, 0.1) is 0 Å². The Morgan fingerprint density at radius 1 is 1.40 bits per heavy atom. The molecule has 0 bridgehead atoms. The zero-order valence-corrected chi connectivity index (χ0v) is 12.5. The molecule has 0 aromatic rings. The number of ether oxygens (including phenoxy) is 2. The fourth-order valence-electron chi connectivity index (χ4n) is 2.34. The van der Waals surface area contributed by atoms with E-state index >= 15 is 0 Å². The highest BCUT2D eigenvalue weighted by Crippen LogP contribution is 2.22. The highest BCUT2D eigenvalue weighted by molar-refractivity contribution is 5.83. The van der Waals surface area contributed by atoms with E-state index in [1.807, 2.05) is 13.8 Å². The van der Waals surface area contributed by atoms with Crippen molar-refractivity contribution in [1.29, 1.82) is 0 Å². The Hall–Kier alpha value is -1.34. The Balaban J connectivity index is 2.82. The summed E-state index contributed by atoms with van der Waals surface area (Å²) >= 11 is 0. The summed E-state index contributed by atoms with van der Waals surface area (Å²) in [5, 5.41) is 9.25. The number of likely N-dealkylation sites (tertiary alicyclic amines) is 1. The second kappa shape index (κ2) is 7.44. The molecule has 0 aromatic carbocycles. The molecule has 2 unspecified atom stereocenters. The van der Waals surface area contributed by atoms with Gasteiger partial charge >= 0.3 is 12.0 Å². The molecule has 2 atom stereocenters. The summed E-state index contributed by atoms with van der Waals surface area (Å²) in [6, 6.07) is -1.12. The molecule has 1 heterocycles. The second-order valence-corrected chi connectivity index (χ2v) is 5.16. The molecule has 1 aliphatic heterocycles. The quantitative estimate of drug-likeness (QED) is 0.776. The van der Waals surface area contributed by atoms with Gasteiger partial charge in [-0.25, -0.2) is 9.59 Å². The number of hydrogen-bond acceptors (Lipinski definition) is 4. The van der Waals surface area contributed by atoms with Crippen LogP contribution in [0.25, 0.3) is 0 Å². The summed E-state index contributed by atoms with van der Waals surface area (Å²) in [6.45, 7) is 4.96. The number of carbonyl (C=O) groups is 2. The van der Waals surface area contributed by atoms with Crippen molar-refractivity contribution < 1.29 is 24.2 Å². The van der Waals surface area contributed by atoms with Gasteiger partial charge in [0.25, 0.3) is 0 Å². The van der Waals surface area contributed by atoms with Crippen molar-refractivity contribution in [3.05, 3.63) is 0 Å². The first-order valence-corrected chi connectivity index (χ1v) is 6.74. The molecule has 1 rings (SSSR count). The number of carboxylic acids is 1. The zero-order chi connectivity index (χ0) is 15.3. The Kier molecular flexibility index (Phi) is 6.22. The summed E-state index contributed by atoms with van der Waals surface area (Å²) in [5.74, 6) is -0.992. The summed E-state index contributed by atoms with van der Waals surface area (Å²) in [4.78, 5) is 26.8. The van der Waals surface area contributed by atoms with E-state index < -0.39 is 12.0 Å². The zero-order valence-electron chi connectivity index (χ0n) is 12.5. The third-order valence-electron chi connectivity index (χ3n) is 3.53. The van der Waals surface area contributed by atoms with Crippen molar-refractivity contribution >= 4 is 12.0 Å². The average Bonchev–Trinajstić information content (AvgIpc) is 2.82. The number of amides is 2. The van der Waals surface area contributed by atoms with Crippen LogP contribution in [0.2, 0.25) is 0 Å². The molecule has 0 radical (unpaired) electrons. The topological polar surface area (TPSA) is 79.3 Å². The predicted octanol–water partition coefficient (Wildman–Crippen LogP) is 0.637. The number of hydrogen-bond donors (Lipinski definition) is 1. The molecule has 0 aliphatic carbocycles. The van der Waals surface area contributed by atoms with Gasteiger partial charge < -0.3 is 24.4 Å². The maximum Gasteiger partial charge on any atom is 0.326 e. The van der Waals surface area contributed by atoms with Crippen molar-refractivity contribution in [2.75, 3.05) is 33.9 Å². The SMILES string of the molecule is COCCN(C(=O)N1CC(OC)CC1C(=O)O)C(C)C. The van der Waals surface area contributed by atoms with Crippen LogP contribution in [0.1, 0.15) is 20.3 Å². The molecule has 0 spiro atoms. The summed E-state index contributed by atoms with van der Waals surface area (Å²) in [5.41, 5.74) is 0. The van der Waals surface area contributed by atoms with E-state index in [9.17, 15) is 14.7 Å². The third kappa shape index (κ3) is 3.83. The van der Waals surface area contributed by atoms with E-state index in [1.54, 1.807) is 12.0 Å².